The molecule has 0 bridgehead atoms. The molecule has 0 radical (unpaired) electrons. The summed E-state index contributed by atoms with van der Waals surface area (Å²) in [5.74, 6) is 0.286. The topological polar surface area (TPSA) is 99.8 Å². The van der Waals surface area contributed by atoms with Crippen LogP contribution in [-0.2, 0) is 6.42 Å². The number of anilines is 1. The lowest BCUT2D eigenvalue weighted by atomic mass is 9.95. The van der Waals surface area contributed by atoms with Gasteiger partial charge in [0.05, 0.1) is 11.1 Å². The van der Waals surface area contributed by atoms with Gasteiger partial charge in [0.25, 0.3) is 11.8 Å². The molecule has 0 atom stereocenters. The van der Waals surface area contributed by atoms with E-state index >= 15 is 0 Å². The van der Waals surface area contributed by atoms with Crippen molar-refractivity contribution in [3.63, 3.8) is 0 Å². The summed E-state index contributed by atoms with van der Waals surface area (Å²) in [5, 5.41) is 9.19. The highest BCUT2D eigenvalue weighted by atomic mass is 79.9. The highest BCUT2D eigenvalue weighted by molar-refractivity contribution is 9.10. The number of allylic oxidation sites excluding steroid dienone is 1. The maximum absolute atomic E-state index is 13.7. The number of hydrogen-bond donors (Lipinski definition) is 3. The van der Waals surface area contributed by atoms with Gasteiger partial charge in [-0.25, -0.2) is 4.79 Å². The van der Waals surface area contributed by atoms with E-state index in [2.05, 4.69) is 38.0 Å². The van der Waals surface area contributed by atoms with E-state index < -0.39 is 5.72 Å². The van der Waals surface area contributed by atoms with E-state index in [4.69, 9.17) is 4.74 Å². The van der Waals surface area contributed by atoms with Crippen LogP contribution < -0.4 is 20.7 Å². The fraction of sp³-hybridized carbons (Fsp3) is 0.375. The number of fused-ring (bicyclic) bond motifs is 2. The van der Waals surface area contributed by atoms with Crippen LogP contribution in [-0.4, -0.2) is 48.1 Å². The lowest BCUT2D eigenvalue weighted by Gasteiger charge is -2.44. The molecule has 4 amide bonds. The van der Waals surface area contributed by atoms with E-state index in [1.807, 2.05) is 19.1 Å². The van der Waals surface area contributed by atoms with Crippen molar-refractivity contribution < 1.29 is 19.1 Å². The van der Waals surface area contributed by atoms with Crippen LogP contribution in [0.15, 0.2) is 28.7 Å². The van der Waals surface area contributed by atoms with Crippen LogP contribution in [0, 0.1) is 0 Å². The van der Waals surface area contributed by atoms with Crippen molar-refractivity contribution in [3.8, 4) is 5.75 Å². The van der Waals surface area contributed by atoms with Crippen LogP contribution in [0.5, 0.6) is 5.75 Å². The maximum atomic E-state index is 13.7. The predicted molar refractivity (Wildman–Crippen MR) is 134 cm³/mol. The number of ether oxygens (including phenoxy) is 1. The monoisotopic (exact) mass is 544 g/mol. The molecular formula is C24H25BrN4O4S. The van der Waals surface area contributed by atoms with Gasteiger partial charge in [0.2, 0.25) is 0 Å². The third kappa shape index (κ3) is 4.20. The second-order valence-corrected chi connectivity index (χ2v) is 10.5. The number of rotatable bonds is 3. The van der Waals surface area contributed by atoms with Crippen LogP contribution in [0.1, 0.15) is 57.3 Å². The van der Waals surface area contributed by atoms with E-state index in [-0.39, 0.29) is 17.8 Å². The first-order valence-corrected chi connectivity index (χ1v) is 13.0. The number of urea groups is 1. The summed E-state index contributed by atoms with van der Waals surface area (Å²) >= 11 is 4.82. The Balaban J connectivity index is 1.35. The Kier molecular flexibility index (Phi) is 6.11. The van der Waals surface area contributed by atoms with Gasteiger partial charge >= 0.3 is 6.03 Å². The van der Waals surface area contributed by atoms with Crippen molar-refractivity contribution >= 4 is 56.2 Å². The van der Waals surface area contributed by atoms with Gasteiger partial charge in [0, 0.05) is 41.8 Å². The second kappa shape index (κ2) is 9.07. The third-order valence-corrected chi connectivity index (χ3v) is 7.94. The predicted octanol–water partition coefficient (Wildman–Crippen LogP) is 4.37. The zero-order valence-corrected chi connectivity index (χ0v) is 21.1. The number of hydrogen-bond acceptors (Lipinski definition) is 5. The summed E-state index contributed by atoms with van der Waals surface area (Å²) < 4.78 is 7.05. The molecule has 178 valence electrons. The van der Waals surface area contributed by atoms with E-state index in [1.165, 1.54) is 11.3 Å². The number of piperidine rings is 1. The first-order chi connectivity index (χ1) is 16.4. The highest BCUT2D eigenvalue weighted by Crippen LogP contribution is 2.40. The fourth-order valence-corrected chi connectivity index (χ4v) is 6.17. The van der Waals surface area contributed by atoms with Gasteiger partial charge in [-0.05, 0) is 49.6 Å². The molecule has 3 N–H and O–H groups in total. The number of nitrogens with one attached hydrogen (secondary N) is 3. The van der Waals surface area contributed by atoms with Gasteiger partial charge in [-0.2, -0.15) is 0 Å². The molecule has 1 saturated heterocycles. The van der Waals surface area contributed by atoms with Crippen molar-refractivity contribution in [2.24, 2.45) is 0 Å². The minimum atomic E-state index is -0.826. The maximum Gasteiger partial charge on any atom is 0.319 e. The third-order valence-electron chi connectivity index (χ3n) is 6.34. The molecule has 2 aromatic rings. The zero-order chi connectivity index (χ0) is 23.9. The lowest BCUT2D eigenvalue weighted by molar-refractivity contribution is -0.0245. The molecule has 0 saturated carbocycles. The molecule has 1 aromatic heterocycles. The van der Waals surface area contributed by atoms with E-state index in [0.29, 0.717) is 54.4 Å². The van der Waals surface area contributed by atoms with Gasteiger partial charge in [-0.3, -0.25) is 14.9 Å². The average Bonchev–Trinajstić information content (AvgIpc) is 3.17. The molecule has 34 heavy (non-hydrogen) atoms. The zero-order valence-electron chi connectivity index (χ0n) is 18.7. The number of halogens is 1. The number of amides is 4. The highest BCUT2D eigenvalue weighted by Gasteiger charge is 2.44. The molecule has 10 heteroatoms. The van der Waals surface area contributed by atoms with Crippen molar-refractivity contribution in [3.05, 3.63) is 50.3 Å². The van der Waals surface area contributed by atoms with Crippen LogP contribution in [0.2, 0.25) is 0 Å². The molecule has 5 rings (SSSR count). The molecular weight excluding hydrogens is 520 g/mol. The SMILES string of the molecule is CCNC(=O)Nc1sc2c(c1C(=O)N1CCC3(CC1)NC(=O)c1cc(Br)ccc1O3)CCC=C2. The molecule has 1 aromatic carbocycles. The molecule has 1 fully saturated rings. The number of thiophene rings is 1. The van der Waals surface area contributed by atoms with Crippen LogP contribution in [0.25, 0.3) is 6.08 Å². The van der Waals surface area contributed by atoms with Crippen molar-refractivity contribution in [1.82, 2.24) is 15.5 Å². The molecule has 3 heterocycles. The number of benzene rings is 1. The van der Waals surface area contributed by atoms with Gasteiger partial charge < -0.3 is 20.3 Å². The quantitative estimate of drug-likeness (QED) is 0.534. The Morgan fingerprint density at radius 1 is 1.29 bits per heavy atom. The average molecular weight is 545 g/mol. The second-order valence-electron chi connectivity index (χ2n) is 8.56. The number of nitrogens with zero attached hydrogens (tertiary/aromatic N) is 1. The summed E-state index contributed by atoms with van der Waals surface area (Å²) in [4.78, 5) is 41.4. The van der Waals surface area contributed by atoms with E-state index in [0.717, 1.165) is 27.8 Å². The summed E-state index contributed by atoms with van der Waals surface area (Å²) in [5.41, 5.74) is 1.24. The molecule has 0 unspecified atom stereocenters. The largest absolute Gasteiger partial charge is 0.467 e. The first-order valence-electron chi connectivity index (χ1n) is 11.4. The Labute approximate surface area is 209 Å². The van der Waals surface area contributed by atoms with Crippen LogP contribution in [0.4, 0.5) is 9.80 Å². The van der Waals surface area contributed by atoms with Gasteiger partial charge in [-0.1, -0.05) is 22.0 Å². The normalized spacial score (nSPS) is 17.9. The summed E-state index contributed by atoms with van der Waals surface area (Å²) in [7, 11) is 0. The van der Waals surface area contributed by atoms with Crippen molar-refractivity contribution in [1.29, 1.82) is 0 Å². The van der Waals surface area contributed by atoms with Crippen molar-refractivity contribution in [2.75, 3.05) is 25.0 Å². The minimum Gasteiger partial charge on any atom is -0.467 e. The standard InChI is InChI=1S/C24H25BrN4O4S/c1-2-26-23(32)27-21-19(15-5-3-4-6-18(15)34-21)22(31)29-11-9-24(10-12-29)28-20(30)16-13-14(25)7-8-17(16)33-24/h4,6-8,13H,2-3,5,9-12H2,1H3,(H,28,30)(H2,26,27,32). The Morgan fingerprint density at radius 3 is 2.85 bits per heavy atom. The molecule has 3 aliphatic rings. The smallest absolute Gasteiger partial charge is 0.319 e. The Bertz CT molecular complexity index is 1200. The first kappa shape index (κ1) is 22.9. The summed E-state index contributed by atoms with van der Waals surface area (Å²) in [6.45, 7) is 3.22. The van der Waals surface area contributed by atoms with Gasteiger partial charge in [0.15, 0.2) is 5.72 Å². The summed E-state index contributed by atoms with van der Waals surface area (Å²) in [6.07, 6.45) is 6.70. The van der Waals surface area contributed by atoms with Gasteiger partial charge in [0.1, 0.15) is 10.8 Å². The molecule has 2 aliphatic heterocycles. The Morgan fingerprint density at radius 2 is 2.09 bits per heavy atom. The number of carbonyl (C=O) groups excluding carboxylic acids is 3. The van der Waals surface area contributed by atoms with Crippen LogP contribution >= 0.6 is 27.3 Å². The number of carbonyl (C=O) groups is 3. The molecule has 1 spiro atoms. The fourth-order valence-electron chi connectivity index (χ4n) is 4.64. The van der Waals surface area contributed by atoms with Crippen LogP contribution in [0.3, 0.4) is 0 Å². The lowest BCUT2D eigenvalue weighted by Crippen LogP contribution is -2.61. The molecule has 1 aliphatic carbocycles. The number of likely N-dealkylation sites (tertiary alicyclic amines) is 1. The Hall–Kier alpha value is -2.85. The summed E-state index contributed by atoms with van der Waals surface area (Å²) in [6, 6.07) is 5.07. The van der Waals surface area contributed by atoms with E-state index in [1.54, 1.807) is 17.0 Å². The minimum absolute atomic E-state index is 0.0964. The van der Waals surface area contributed by atoms with Crippen molar-refractivity contribution in [2.45, 2.75) is 38.3 Å². The van der Waals surface area contributed by atoms with Gasteiger partial charge in [-0.15, -0.1) is 11.3 Å². The molecule has 8 nitrogen and oxygen atoms in total. The van der Waals surface area contributed by atoms with E-state index in [9.17, 15) is 14.4 Å².